The minimum atomic E-state index is -0.259. The molecule has 1 aliphatic rings. The number of nitrogens with two attached hydrogens (primary N) is 1. The van der Waals surface area contributed by atoms with E-state index < -0.39 is 0 Å². The first-order valence-corrected chi connectivity index (χ1v) is 10.4. The maximum absolute atomic E-state index is 13.0. The SMILES string of the molecule is CNc1cc2nc3c(cnn13)C(=O)N[C@H](C)[C@@H](C)OCc1cc(N)c(N(C)NC)c(c1)N2. The summed E-state index contributed by atoms with van der Waals surface area (Å²) in [5, 5.41) is 15.6. The summed E-state index contributed by atoms with van der Waals surface area (Å²) in [5.41, 5.74) is 13.3. The molecule has 0 aliphatic carbocycles. The maximum atomic E-state index is 13.0. The molecular weight excluding hydrogens is 410 g/mol. The fraction of sp³-hybridized carbons (Fsp3) is 0.381. The minimum absolute atomic E-state index is 0.225. The third-order valence-electron chi connectivity index (χ3n) is 5.68. The first-order valence-electron chi connectivity index (χ1n) is 10.4. The van der Waals surface area contributed by atoms with Crippen LogP contribution in [-0.4, -0.2) is 53.8 Å². The zero-order chi connectivity index (χ0) is 23.0. The molecule has 0 fully saturated rings. The molecule has 3 aromatic rings. The normalized spacial score (nSPS) is 18.7. The van der Waals surface area contributed by atoms with E-state index in [9.17, 15) is 4.79 Å². The molecule has 0 spiro atoms. The van der Waals surface area contributed by atoms with Gasteiger partial charge in [0.05, 0.1) is 42.0 Å². The lowest BCUT2D eigenvalue weighted by Gasteiger charge is -2.26. The standard InChI is InChI=1S/C21H29N9O2/c1-11-12(2)32-10-13-6-15(22)19(29(5)24-4)16(7-13)27-17-8-18(23-3)30-20(28-17)14(9-25-30)21(31)26-11/h6-9,11-12,23-24H,10,22H2,1-5H3,(H,26,31)(H,27,28)/t11-,12-/m1/s1. The summed E-state index contributed by atoms with van der Waals surface area (Å²) < 4.78 is 7.64. The average molecular weight is 440 g/mol. The Morgan fingerprint density at radius 2 is 2.06 bits per heavy atom. The van der Waals surface area contributed by atoms with Crippen LogP contribution in [0.4, 0.5) is 28.7 Å². The summed E-state index contributed by atoms with van der Waals surface area (Å²) in [6, 6.07) is 5.47. The van der Waals surface area contributed by atoms with Crippen molar-refractivity contribution in [3.63, 3.8) is 0 Å². The van der Waals surface area contributed by atoms with E-state index in [4.69, 9.17) is 15.5 Å². The highest BCUT2D eigenvalue weighted by molar-refractivity contribution is 6.00. The molecule has 1 aliphatic heterocycles. The molecule has 4 bridgehead atoms. The predicted molar refractivity (Wildman–Crippen MR) is 125 cm³/mol. The topological polar surface area (TPSA) is 134 Å². The van der Waals surface area contributed by atoms with E-state index >= 15 is 0 Å². The van der Waals surface area contributed by atoms with Crippen LogP contribution in [0.15, 0.2) is 24.4 Å². The van der Waals surface area contributed by atoms with Gasteiger partial charge in [0.15, 0.2) is 5.65 Å². The second-order valence-corrected chi connectivity index (χ2v) is 7.84. The Morgan fingerprint density at radius 1 is 1.28 bits per heavy atom. The van der Waals surface area contributed by atoms with Crippen LogP contribution in [0.25, 0.3) is 5.65 Å². The molecule has 1 aromatic carbocycles. The van der Waals surface area contributed by atoms with Gasteiger partial charge in [-0.05, 0) is 31.5 Å². The highest BCUT2D eigenvalue weighted by atomic mass is 16.5. The van der Waals surface area contributed by atoms with Crippen LogP contribution in [0, 0.1) is 0 Å². The Morgan fingerprint density at radius 3 is 2.78 bits per heavy atom. The molecule has 0 saturated carbocycles. The van der Waals surface area contributed by atoms with Gasteiger partial charge in [-0.3, -0.25) is 4.79 Å². The van der Waals surface area contributed by atoms with Crippen molar-refractivity contribution < 1.29 is 9.53 Å². The number of nitrogens with one attached hydrogen (secondary N) is 4. The van der Waals surface area contributed by atoms with Crippen molar-refractivity contribution in [1.82, 2.24) is 25.3 Å². The Labute approximate surface area is 186 Å². The number of anilines is 5. The summed E-state index contributed by atoms with van der Waals surface area (Å²) in [6.45, 7) is 4.18. The number of rotatable bonds is 3. The monoisotopic (exact) mass is 439 g/mol. The van der Waals surface area contributed by atoms with E-state index in [0.29, 0.717) is 35.1 Å². The lowest BCUT2D eigenvalue weighted by Crippen LogP contribution is -2.41. The van der Waals surface area contributed by atoms with Gasteiger partial charge >= 0.3 is 0 Å². The van der Waals surface area contributed by atoms with Crippen LogP contribution in [0.3, 0.4) is 0 Å². The number of fused-ring (bicyclic) bond motifs is 3. The number of amides is 1. The maximum Gasteiger partial charge on any atom is 0.257 e. The second kappa shape index (κ2) is 8.52. The molecular formula is C21H29N9O2. The predicted octanol–water partition coefficient (Wildman–Crippen LogP) is 1.70. The molecule has 32 heavy (non-hydrogen) atoms. The van der Waals surface area contributed by atoms with Crippen molar-refractivity contribution in [1.29, 1.82) is 0 Å². The van der Waals surface area contributed by atoms with E-state index in [2.05, 4.69) is 26.5 Å². The molecule has 6 N–H and O–H groups in total. The summed E-state index contributed by atoms with van der Waals surface area (Å²) >= 11 is 0. The number of hydrogen-bond donors (Lipinski definition) is 5. The molecule has 0 unspecified atom stereocenters. The van der Waals surface area contributed by atoms with Gasteiger partial charge in [-0.2, -0.15) is 9.61 Å². The molecule has 0 radical (unpaired) electrons. The molecule has 1 amide bonds. The van der Waals surface area contributed by atoms with Gasteiger partial charge in [0.2, 0.25) is 0 Å². The fourth-order valence-electron chi connectivity index (χ4n) is 3.66. The molecule has 4 rings (SSSR count). The summed E-state index contributed by atoms with van der Waals surface area (Å²) in [7, 11) is 5.48. The summed E-state index contributed by atoms with van der Waals surface area (Å²) in [6.07, 6.45) is 1.29. The first-order chi connectivity index (χ1) is 15.3. The number of ether oxygens (including phenoxy) is 1. The van der Waals surface area contributed by atoms with Crippen LogP contribution in [0.2, 0.25) is 0 Å². The minimum Gasteiger partial charge on any atom is -0.397 e. The number of hydrazine groups is 1. The van der Waals surface area contributed by atoms with Crippen molar-refractivity contribution in [2.45, 2.75) is 32.6 Å². The highest BCUT2D eigenvalue weighted by Gasteiger charge is 2.23. The van der Waals surface area contributed by atoms with Crippen molar-refractivity contribution >= 4 is 40.3 Å². The smallest absolute Gasteiger partial charge is 0.257 e. The van der Waals surface area contributed by atoms with Crippen molar-refractivity contribution in [3.05, 3.63) is 35.5 Å². The average Bonchev–Trinajstić information content (AvgIpc) is 3.19. The van der Waals surface area contributed by atoms with Gasteiger partial charge in [0.25, 0.3) is 5.91 Å². The third-order valence-corrected chi connectivity index (χ3v) is 5.68. The van der Waals surface area contributed by atoms with Gasteiger partial charge in [0, 0.05) is 27.2 Å². The lowest BCUT2D eigenvalue weighted by atomic mass is 10.1. The van der Waals surface area contributed by atoms with Crippen LogP contribution in [0.5, 0.6) is 0 Å². The van der Waals surface area contributed by atoms with Gasteiger partial charge in [-0.25, -0.2) is 10.4 Å². The molecule has 2 atom stereocenters. The van der Waals surface area contributed by atoms with Crippen LogP contribution < -0.4 is 32.1 Å². The van der Waals surface area contributed by atoms with Gasteiger partial charge in [-0.15, -0.1) is 0 Å². The number of nitrogen functional groups attached to an aromatic ring is 1. The molecule has 170 valence electrons. The molecule has 11 nitrogen and oxygen atoms in total. The van der Waals surface area contributed by atoms with Gasteiger partial charge in [-0.1, -0.05) is 0 Å². The summed E-state index contributed by atoms with van der Waals surface area (Å²) in [5.74, 6) is 0.962. The molecule has 0 saturated heterocycles. The molecule has 2 aromatic heterocycles. The fourth-order valence-corrected chi connectivity index (χ4v) is 3.66. The summed E-state index contributed by atoms with van der Waals surface area (Å²) in [4.78, 5) is 17.7. The number of carbonyl (C=O) groups is 1. The Bertz CT molecular complexity index is 1160. The van der Waals surface area contributed by atoms with E-state index in [1.807, 2.05) is 51.2 Å². The quantitative estimate of drug-likeness (QED) is 0.305. The Hall–Kier alpha value is -3.57. The van der Waals surface area contributed by atoms with Gasteiger partial charge < -0.3 is 31.4 Å². The number of hydrogen-bond acceptors (Lipinski definition) is 9. The number of benzene rings is 1. The zero-order valence-corrected chi connectivity index (χ0v) is 18.9. The zero-order valence-electron chi connectivity index (χ0n) is 18.9. The van der Waals surface area contributed by atoms with E-state index in [1.54, 1.807) is 11.6 Å². The second-order valence-electron chi connectivity index (χ2n) is 7.84. The van der Waals surface area contributed by atoms with Gasteiger partial charge in [0.1, 0.15) is 17.2 Å². The first kappa shape index (κ1) is 21.7. The van der Waals surface area contributed by atoms with Crippen LogP contribution in [0.1, 0.15) is 29.8 Å². The van der Waals surface area contributed by atoms with Crippen molar-refractivity contribution in [2.75, 3.05) is 42.5 Å². The van der Waals surface area contributed by atoms with Crippen molar-refractivity contribution in [3.8, 4) is 0 Å². The van der Waals surface area contributed by atoms with Crippen molar-refractivity contribution in [2.24, 2.45) is 0 Å². The lowest BCUT2D eigenvalue weighted by molar-refractivity contribution is 0.0303. The number of aromatic nitrogens is 3. The van der Waals surface area contributed by atoms with Crippen LogP contribution >= 0.6 is 0 Å². The Kier molecular flexibility index (Phi) is 5.76. The van der Waals surface area contributed by atoms with E-state index in [1.165, 1.54) is 6.20 Å². The molecule has 3 heterocycles. The molecule has 11 heteroatoms. The highest BCUT2D eigenvalue weighted by Crippen LogP contribution is 2.35. The number of carbonyl (C=O) groups excluding carboxylic acids is 1. The largest absolute Gasteiger partial charge is 0.397 e. The van der Waals surface area contributed by atoms with Crippen LogP contribution in [-0.2, 0) is 11.3 Å². The van der Waals surface area contributed by atoms with E-state index in [0.717, 1.165) is 16.9 Å². The Balaban J connectivity index is 1.93. The van der Waals surface area contributed by atoms with E-state index in [-0.39, 0.29) is 18.1 Å². The third kappa shape index (κ3) is 3.87. The number of nitrogens with zero attached hydrogens (tertiary/aromatic N) is 4.